The maximum absolute atomic E-state index is 14.4. The highest BCUT2D eigenvalue weighted by Crippen LogP contribution is 2.34. The Kier molecular flexibility index (Phi) is 4.65. The molecule has 0 aliphatic carbocycles. The van der Waals surface area contributed by atoms with E-state index in [-0.39, 0.29) is 0 Å². The van der Waals surface area contributed by atoms with Crippen molar-refractivity contribution in [2.75, 3.05) is 19.5 Å². The van der Waals surface area contributed by atoms with E-state index in [1.807, 2.05) is 0 Å². The molecule has 0 spiro atoms. The van der Waals surface area contributed by atoms with Gasteiger partial charge in [-0.25, -0.2) is 18.7 Å². The van der Waals surface area contributed by atoms with E-state index in [0.29, 0.717) is 33.8 Å². The van der Waals surface area contributed by atoms with Gasteiger partial charge in [-0.1, -0.05) is 0 Å². The summed E-state index contributed by atoms with van der Waals surface area (Å²) in [6.07, 6.45) is 1.38. The van der Waals surface area contributed by atoms with Gasteiger partial charge in [-0.15, -0.1) is 0 Å². The molecule has 5 nitrogen and oxygen atoms in total. The zero-order valence-corrected chi connectivity index (χ0v) is 14.0. The number of nitrogens with zero attached hydrogens (tertiary/aromatic N) is 2. The first kappa shape index (κ1) is 16.9. The largest absolute Gasteiger partial charge is 0.493 e. The van der Waals surface area contributed by atoms with Gasteiger partial charge in [0.2, 0.25) is 0 Å². The minimum Gasteiger partial charge on any atom is -0.493 e. The number of nitrogens with one attached hydrogen (secondary N) is 1. The van der Waals surface area contributed by atoms with Crippen LogP contribution in [0.2, 0.25) is 0 Å². The predicted molar refractivity (Wildman–Crippen MR) is 91.0 cm³/mol. The summed E-state index contributed by atoms with van der Waals surface area (Å²) in [4.78, 5) is 8.25. The van der Waals surface area contributed by atoms with Crippen molar-refractivity contribution in [1.29, 1.82) is 0 Å². The van der Waals surface area contributed by atoms with Crippen molar-refractivity contribution in [3.05, 3.63) is 53.9 Å². The fourth-order valence-electron chi connectivity index (χ4n) is 2.63. The molecule has 1 atom stereocenters. The van der Waals surface area contributed by atoms with E-state index in [1.54, 1.807) is 19.1 Å². The van der Waals surface area contributed by atoms with E-state index < -0.39 is 17.7 Å². The lowest BCUT2D eigenvalue weighted by Gasteiger charge is -2.18. The van der Waals surface area contributed by atoms with Gasteiger partial charge in [0.25, 0.3) is 0 Å². The first-order valence-electron chi connectivity index (χ1n) is 7.61. The monoisotopic (exact) mass is 345 g/mol. The van der Waals surface area contributed by atoms with Crippen molar-refractivity contribution in [3.63, 3.8) is 0 Å². The number of methoxy groups -OCH3 is 2. The number of fused-ring (bicyclic) bond motifs is 1. The van der Waals surface area contributed by atoms with Crippen molar-refractivity contribution in [3.8, 4) is 11.5 Å². The second-order valence-electron chi connectivity index (χ2n) is 5.48. The molecule has 0 aliphatic rings. The van der Waals surface area contributed by atoms with Gasteiger partial charge < -0.3 is 14.8 Å². The minimum atomic E-state index is -0.443. The first-order valence-corrected chi connectivity index (χ1v) is 7.61. The van der Waals surface area contributed by atoms with Gasteiger partial charge in [0.05, 0.1) is 25.8 Å². The van der Waals surface area contributed by atoms with Crippen LogP contribution in [-0.2, 0) is 0 Å². The van der Waals surface area contributed by atoms with Crippen LogP contribution in [0.25, 0.3) is 10.9 Å². The Morgan fingerprint density at radius 1 is 1.00 bits per heavy atom. The molecule has 0 saturated carbocycles. The lowest BCUT2D eigenvalue weighted by atomic mass is 10.1. The smallest absolute Gasteiger partial charge is 0.163 e. The zero-order valence-electron chi connectivity index (χ0n) is 14.0. The van der Waals surface area contributed by atoms with Gasteiger partial charge in [0, 0.05) is 17.0 Å². The number of hydrogen-bond acceptors (Lipinski definition) is 5. The van der Waals surface area contributed by atoms with E-state index in [2.05, 4.69) is 15.3 Å². The first-order chi connectivity index (χ1) is 12.0. The zero-order chi connectivity index (χ0) is 18.0. The Labute approximate surface area is 143 Å². The van der Waals surface area contributed by atoms with Gasteiger partial charge >= 0.3 is 0 Å². The van der Waals surface area contributed by atoms with Crippen LogP contribution in [-0.4, -0.2) is 24.2 Å². The average Bonchev–Trinajstić information content (AvgIpc) is 2.61. The predicted octanol–water partition coefficient (Wildman–Crippen LogP) is 4.10. The number of halogens is 2. The lowest BCUT2D eigenvalue weighted by molar-refractivity contribution is 0.351. The van der Waals surface area contributed by atoms with Gasteiger partial charge in [0.15, 0.2) is 11.5 Å². The number of benzene rings is 2. The molecule has 7 heteroatoms. The Morgan fingerprint density at radius 2 is 1.72 bits per heavy atom. The third-order valence-electron chi connectivity index (χ3n) is 3.92. The minimum absolute atomic E-state index is 0.311. The van der Waals surface area contributed by atoms with Gasteiger partial charge in [0.1, 0.15) is 23.8 Å². The molecule has 0 amide bonds. The number of anilines is 1. The maximum Gasteiger partial charge on any atom is 0.163 e. The van der Waals surface area contributed by atoms with E-state index in [1.165, 1.54) is 38.7 Å². The van der Waals surface area contributed by atoms with Crippen molar-refractivity contribution in [2.24, 2.45) is 0 Å². The molecule has 1 N–H and O–H groups in total. The van der Waals surface area contributed by atoms with Crippen LogP contribution in [0.4, 0.5) is 14.6 Å². The summed E-state index contributed by atoms with van der Waals surface area (Å²) in [5, 5.41) is 3.63. The topological polar surface area (TPSA) is 56.3 Å². The standard InChI is InChI=1S/C18H17F2N3O2/c1-10(12-7-16(24-2)17(25-3)8-14(12)20)23-18-13-6-11(19)4-5-15(13)21-9-22-18/h4-10H,1-3H3,(H,21,22,23). The third-order valence-corrected chi connectivity index (χ3v) is 3.92. The second kappa shape index (κ2) is 6.88. The summed E-state index contributed by atoms with van der Waals surface area (Å²) < 4.78 is 38.3. The summed E-state index contributed by atoms with van der Waals surface area (Å²) in [7, 11) is 2.93. The van der Waals surface area contributed by atoms with Crippen LogP contribution in [0.1, 0.15) is 18.5 Å². The molecule has 1 aromatic heterocycles. The van der Waals surface area contributed by atoms with Crippen LogP contribution >= 0.6 is 0 Å². The van der Waals surface area contributed by atoms with Crippen molar-refractivity contribution in [1.82, 2.24) is 9.97 Å². The van der Waals surface area contributed by atoms with Crippen LogP contribution in [0.5, 0.6) is 11.5 Å². The molecule has 0 radical (unpaired) electrons. The highest BCUT2D eigenvalue weighted by Gasteiger charge is 2.17. The summed E-state index contributed by atoms with van der Waals surface area (Å²) in [5.74, 6) is 0.320. The van der Waals surface area contributed by atoms with Crippen molar-refractivity contribution in [2.45, 2.75) is 13.0 Å². The van der Waals surface area contributed by atoms with E-state index in [9.17, 15) is 8.78 Å². The number of aromatic nitrogens is 2. The van der Waals surface area contributed by atoms with Crippen molar-refractivity contribution >= 4 is 16.7 Å². The molecule has 130 valence electrons. The molecule has 0 bridgehead atoms. The number of hydrogen-bond donors (Lipinski definition) is 1. The summed E-state index contributed by atoms with van der Waals surface area (Å²) in [6.45, 7) is 1.78. The molecule has 2 aromatic carbocycles. The SMILES string of the molecule is COc1cc(F)c(C(C)Nc2ncnc3ccc(F)cc23)cc1OC. The molecule has 25 heavy (non-hydrogen) atoms. The Balaban J connectivity index is 1.98. The molecule has 3 rings (SSSR count). The van der Waals surface area contributed by atoms with Crippen molar-refractivity contribution < 1.29 is 18.3 Å². The average molecular weight is 345 g/mol. The van der Waals surface area contributed by atoms with E-state index >= 15 is 0 Å². The third kappa shape index (κ3) is 3.31. The number of ether oxygens (including phenoxy) is 2. The molecule has 1 heterocycles. The summed E-state index contributed by atoms with van der Waals surface area (Å²) >= 11 is 0. The molecule has 3 aromatic rings. The fraction of sp³-hybridized carbons (Fsp3) is 0.222. The maximum atomic E-state index is 14.4. The molecule has 0 saturated heterocycles. The quantitative estimate of drug-likeness (QED) is 0.754. The Hall–Kier alpha value is -2.96. The molecular formula is C18H17F2N3O2. The van der Waals surface area contributed by atoms with Crippen LogP contribution in [0.3, 0.4) is 0 Å². The number of rotatable bonds is 5. The molecular weight excluding hydrogens is 328 g/mol. The van der Waals surface area contributed by atoms with Crippen LogP contribution in [0, 0.1) is 11.6 Å². The lowest BCUT2D eigenvalue weighted by Crippen LogP contribution is -2.11. The highest BCUT2D eigenvalue weighted by molar-refractivity contribution is 5.88. The van der Waals surface area contributed by atoms with Gasteiger partial charge in [-0.05, 0) is 31.2 Å². The molecule has 0 fully saturated rings. The normalized spacial score (nSPS) is 12.0. The Bertz CT molecular complexity index is 918. The Morgan fingerprint density at radius 3 is 2.44 bits per heavy atom. The van der Waals surface area contributed by atoms with Gasteiger partial charge in [-0.2, -0.15) is 0 Å². The summed E-state index contributed by atoms with van der Waals surface area (Å²) in [6, 6.07) is 6.63. The van der Waals surface area contributed by atoms with E-state index in [4.69, 9.17) is 9.47 Å². The molecule has 1 unspecified atom stereocenters. The highest BCUT2D eigenvalue weighted by atomic mass is 19.1. The fourth-order valence-corrected chi connectivity index (χ4v) is 2.63. The van der Waals surface area contributed by atoms with E-state index in [0.717, 1.165) is 0 Å². The van der Waals surface area contributed by atoms with Gasteiger partial charge in [-0.3, -0.25) is 0 Å². The van der Waals surface area contributed by atoms with Crippen LogP contribution in [0.15, 0.2) is 36.7 Å². The summed E-state index contributed by atoms with van der Waals surface area (Å²) in [5.41, 5.74) is 0.972. The second-order valence-corrected chi connectivity index (χ2v) is 5.48. The van der Waals surface area contributed by atoms with Crippen LogP contribution < -0.4 is 14.8 Å². The molecule has 0 aliphatic heterocycles.